The van der Waals surface area contributed by atoms with Gasteiger partial charge in [0.1, 0.15) is 11.5 Å². The van der Waals surface area contributed by atoms with Crippen molar-refractivity contribution in [2.45, 2.75) is 39.7 Å². The van der Waals surface area contributed by atoms with E-state index in [9.17, 15) is 13.2 Å². The van der Waals surface area contributed by atoms with Gasteiger partial charge in [-0.3, -0.25) is 4.79 Å². The van der Waals surface area contributed by atoms with Crippen molar-refractivity contribution in [1.82, 2.24) is 13.9 Å². The SMILES string of the molecule is COc1ccc(CNC(=O)[C@@H]2CCCN(S(=O)(=O)N3C[C@H](C)C[C@H](C)C3)C2)c(OC)c1. The fourth-order valence-electron chi connectivity index (χ4n) is 4.65. The number of amides is 1. The number of hydrogen-bond acceptors (Lipinski definition) is 5. The van der Waals surface area contributed by atoms with E-state index in [4.69, 9.17) is 9.47 Å². The molecular weight excluding hydrogens is 418 g/mol. The molecule has 0 spiro atoms. The number of nitrogens with zero attached hydrogens (tertiary/aromatic N) is 2. The van der Waals surface area contributed by atoms with E-state index in [2.05, 4.69) is 19.2 Å². The second kappa shape index (κ2) is 10.2. The molecule has 8 nitrogen and oxygen atoms in total. The van der Waals surface area contributed by atoms with Crippen LogP contribution in [0, 0.1) is 17.8 Å². The average Bonchev–Trinajstić information content (AvgIpc) is 2.76. The highest BCUT2D eigenvalue weighted by Gasteiger charge is 2.38. The van der Waals surface area contributed by atoms with Gasteiger partial charge in [-0.1, -0.05) is 13.8 Å². The first-order valence-electron chi connectivity index (χ1n) is 11.0. The third-order valence-corrected chi connectivity index (χ3v) is 8.13. The van der Waals surface area contributed by atoms with Gasteiger partial charge in [-0.15, -0.1) is 0 Å². The molecule has 3 atom stereocenters. The van der Waals surface area contributed by atoms with Gasteiger partial charge in [-0.2, -0.15) is 17.0 Å². The zero-order chi connectivity index (χ0) is 22.6. The summed E-state index contributed by atoms with van der Waals surface area (Å²) in [5.41, 5.74) is 0.841. The second-order valence-electron chi connectivity index (χ2n) is 8.86. The summed E-state index contributed by atoms with van der Waals surface area (Å²) in [6, 6.07) is 5.45. The van der Waals surface area contributed by atoms with Gasteiger partial charge in [0.25, 0.3) is 10.2 Å². The summed E-state index contributed by atoms with van der Waals surface area (Å²) in [7, 11) is -0.387. The van der Waals surface area contributed by atoms with E-state index in [1.165, 1.54) is 4.31 Å². The molecule has 2 heterocycles. The Morgan fingerprint density at radius 3 is 2.45 bits per heavy atom. The lowest BCUT2D eigenvalue weighted by atomic mass is 9.94. The molecule has 0 aliphatic carbocycles. The predicted molar refractivity (Wildman–Crippen MR) is 119 cm³/mol. The number of benzene rings is 1. The summed E-state index contributed by atoms with van der Waals surface area (Å²) in [6.07, 6.45) is 2.42. The topological polar surface area (TPSA) is 88.2 Å². The Balaban J connectivity index is 1.62. The van der Waals surface area contributed by atoms with E-state index >= 15 is 0 Å². The highest BCUT2D eigenvalue weighted by Crippen LogP contribution is 2.28. The predicted octanol–water partition coefficient (Wildman–Crippen LogP) is 2.25. The zero-order valence-corrected chi connectivity index (χ0v) is 19.8. The minimum Gasteiger partial charge on any atom is -0.497 e. The van der Waals surface area contributed by atoms with Gasteiger partial charge in [-0.25, -0.2) is 0 Å². The minimum absolute atomic E-state index is 0.127. The molecule has 1 aromatic carbocycles. The van der Waals surface area contributed by atoms with Crippen LogP contribution in [0.5, 0.6) is 11.5 Å². The van der Waals surface area contributed by atoms with Gasteiger partial charge in [0.15, 0.2) is 0 Å². The van der Waals surface area contributed by atoms with Gasteiger partial charge in [0, 0.05) is 44.4 Å². The average molecular weight is 454 g/mol. The Bertz CT molecular complexity index is 866. The van der Waals surface area contributed by atoms with Crippen molar-refractivity contribution in [3.8, 4) is 11.5 Å². The molecule has 2 fully saturated rings. The Hall–Kier alpha value is -1.84. The van der Waals surface area contributed by atoms with Gasteiger partial charge in [-0.05, 0) is 43.2 Å². The molecule has 3 rings (SSSR count). The van der Waals surface area contributed by atoms with E-state index in [1.54, 1.807) is 24.6 Å². The molecule has 2 saturated heterocycles. The van der Waals surface area contributed by atoms with E-state index in [-0.39, 0.29) is 18.4 Å². The van der Waals surface area contributed by atoms with Gasteiger partial charge < -0.3 is 14.8 Å². The number of carbonyl (C=O) groups is 1. The molecule has 1 aromatic rings. The Kier molecular flexibility index (Phi) is 7.82. The maximum absolute atomic E-state index is 13.2. The van der Waals surface area contributed by atoms with Crippen LogP contribution in [0.25, 0.3) is 0 Å². The number of methoxy groups -OCH3 is 2. The van der Waals surface area contributed by atoms with Gasteiger partial charge in [0.2, 0.25) is 5.91 Å². The highest BCUT2D eigenvalue weighted by atomic mass is 32.2. The third-order valence-electron chi connectivity index (χ3n) is 6.19. The highest BCUT2D eigenvalue weighted by molar-refractivity contribution is 7.86. The van der Waals surface area contributed by atoms with E-state index in [0.717, 1.165) is 12.0 Å². The molecule has 0 unspecified atom stereocenters. The second-order valence-corrected chi connectivity index (χ2v) is 10.8. The largest absolute Gasteiger partial charge is 0.497 e. The van der Waals surface area contributed by atoms with Crippen LogP contribution in [0.15, 0.2) is 18.2 Å². The van der Waals surface area contributed by atoms with E-state index < -0.39 is 10.2 Å². The van der Waals surface area contributed by atoms with Gasteiger partial charge in [0.05, 0.1) is 20.1 Å². The minimum atomic E-state index is -3.55. The van der Waals surface area contributed by atoms with Gasteiger partial charge >= 0.3 is 0 Å². The fraction of sp³-hybridized carbons (Fsp3) is 0.682. The number of rotatable bonds is 7. The third kappa shape index (κ3) is 5.70. The van der Waals surface area contributed by atoms with Crippen molar-refractivity contribution < 1.29 is 22.7 Å². The summed E-state index contributed by atoms with van der Waals surface area (Å²) >= 11 is 0. The van der Waals surface area contributed by atoms with Crippen LogP contribution < -0.4 is 14.8 Å². The normalized spacial score (nSPS) is 25.7. The van der Waals surface area contributed by atoms with Crippen molar-refractivity contribution >= 4 is 16.1 Å². The molecule has 1 N–H and O–H groups in total. The van der Waals surface area contributed by atoms with E-state index in [1.807, 2.05) is 12.1 Å². The molecule has 2 aliphatic rings. The van der Waals surface area contributed by atoms with Crippen molar-refractivity contribution in [3.63, 3.8) is 0 Å². The molecular formula is C22H35N3O5S. The molecule has 1 amide bonds. The van der Waals surface area contributed by atoms with Crippen LogP contribution >= 0.6 is 0 Å². The van der Waals surface area contributed by atoms with Crippen molar-refractivity contribution in [1.29, 1.82) is 0 Å². The smallest absolute Gasteiger partial charge is 0.282 e. The molecule has 0 saturated carbocycles. The van der Waals surface area contributed by atoms with Crippen molar-refractivity contribution in [2.75, 3.05) is 40.4 Å². The molecule has 0 radical (unpaired) electrons. The summed E-state index contributed by atoms with van der Waals surface area (Å²) in [5.74, 6) is 1.54. The van der Waals surface area contributed by atoms with E-state index in [0.29, 0.717) is 62.4 Å². The number of hydrogen-bond donors (Lipinski definition) is 1. The zero-order valence-electron chi connectivity index (χ0n) is 19.0. The molecule has 31 heavy (non-hydrogen) atoms. The summed E-state index contributed by atoms with van der Waals surface area (Å²) in [5, 5.41) is 2.95. The standard InChI is InChI=1S/C22H35N3O5S/c1-16-10-17(2)14-25(13-16)31(27,28)24-9-5-6-19(15-24)22(26)23-12-18-7-8-20(29-3)11-21(18)30-4/h7-8,11,16-17,19H,5-6,9-10,12-15H2,1-4H3,(H,23,26)/t16-,17+,19-/m1/s1. The van der Waals surface area contributed by atoms with Crippen LogP contribution in [-0.2, 0) is 21.5 Å². The quantitative estimate of drug-likeness (QED) is 0.684. The van der Waals surface area contributed by atoms with Crippen LogP contribution in [0.2, 0.25) is 0 Å². The van der Waals surface area contributed by atoms with Crippen LogP contribution in [0.1, 0.15) is 38.7 Å². The lowest BCUT2D eigenvalue weighted by Crippen LogP contribution is -2.53. The molecule has 0 aromatic heterocycles. The Labute approximate surface area is 186 Å². The van der Waals surface area contributed by atoms with Crippen LogP contribution in [0.3, 0.4) is 0 Å². The number of nitrogens with one attached hydrogen (secondary N) is 1. The lowest BCUT2D eigenvalue weighted by molar-refractivity contribution is -0.126. The molecule has 174 valence electrons. The molecule has 2 aliphatic heterocycles. The maximum Gasteiger partial charge on any atom is 0.282 e. The first kappa shape index (κ1) is 23.8. The summed E-state index contributed by atoms with van der Waals surface area (Å²) in [4.78, 5) is 12.8. The first-order chi connectivity index (χ1) is 14.7. The van der Waals surface area contributed by atoms with Crippen LogP contribution in [0.4, 0.5) is 0 Å². The number of ether oxygens (including phenoxy) is 2. The number of carbonyl (C=O) groups excluding carboxylic acids is 1. The molecule has 0 bridgehead atoms. The first-order valence-corrected chi connectivity index (χ1v) is 12.4. The molecule has 9 heteroatoms. The summed E-state index contributed by atoms with van der Waals surface area (Å²) in [6.45, 7) is 6.31. The van der Waals surface area contributed by atoms with Crippen LogP contribution in [-0.4, -0.2) is 63.3 Å². The number of piperidine rings is 2. The van der Waals surface area contributed by atoms with Crippen molar-refractivity contribution in [3.05, 3.63) is 23.8 Å². The summed E-state index contributed by atoms with van der Waals surface area (Å²) < 4.78 is 40.1. The Morgan fingerprint density at radius 2 is 1.81 bits per heavy atom. The fourth-order valence-corrected chi connectivity index (χ4v) is 6.59. The Morgan fingerprint density at radius 1 is 1.10 bits per heavy atom. The monoisotopic (exact) mass is 453 g/mol. The van der Waals surface area contributed by atoms with Crippen molar-refractivity contribution in [2.24, 2.45) is 17.8 Å². The lowest BCUT2D eigenvalue weighted by Gasteiger charge is -2.39. The maximum atomic E-state index is 13.2.